The number of halogens is 2. The number of hydrogen-bond donors (Lipinski definition) is 3. The third-order valence-electron chi connectivity index (χ3n) is 1.93. The SMILES string of the molecule is CC(CO)(CO)Nc1ncc(Br)cc1F. The summed E-state index contributed by atoms with van der Waals surface area (Å²) in [6.07, 6.45) is 1.43. The highest BCUT2D eigenvalue weighted by Gasteiger charge is 2.23. The lowest BCUT2D eigenvalue weighted by Gasteiger charge is -2.26. The van der Waals surface area contributed by atoms with Crippen LogP contribution >= 0.6 is 15.9 Å². The van der Waals surface area contributed by atoms with Crippen LogP contribution < -0.4 is 5.32 Å². The molecule has 1 rings (SSSR count). The average Bonchev–Trinajstić information content (AvgIpc) is 2.22. The molecule has 15 heavy (non-hydrogen) atoms. The Morgan fingerprint density at radius 3 is 2.60 bits per heavy atom. The van der Waals surface area contributed by atoms with Gasteiger partial charge < -0.3 is 15.5 Å². The van der Waals surface area contributed by atoms with Crippen molar-refractivity contribution in [2.75, 3.05) is 18.5 Å². The largest absolute Gasteiger partial charge is 0.394 e. The molecule has 0 aliphatic carbocycles. The van der Waals surface area contributed by atoms with Gasteiger partial charge in [-0.25, -0.2) is 9.37 Å². The first-order chi connectivity index (χ1) is 7.00. The van der Waals surface area contributed by atoms with Crippen LogP contribution in [-0.4, -0.2) is 33.9 Å². The van der Waals surface area contributed by atoms with E-state index >= 15 is 0 Å². The van der Waals surface area contributed by atoms with Crippen molar-refractivity contribution >= 4 is 21.7 Å². The van der Waals surface area contributed by atoms with Crippen LogP contribution in [0.4, 0.5) is 10.2 Å². The molecule has 3 N–H and O–H groups in total. The van der Waals surface area contributed by atoms with Gasteiger partial charge in [-0.2, -0.15) is 0 Å². The predicted molar refractivity (Wildman–Crippen MR) is 58.1 cm³/mol. The number of anilines is 1. The summed E-state index contributed by atoms with van der Waals surface area (Å²) in [6.45, 7) is 0.928. The first-order valence-electron chi connectivity index (χ1n) is 4.32. The van der Waals surface area contributed by atoms with Crippen LogP contribution in [-0.2, 0) is 0 Å². The fraction of sp³-hybridized carbons (Fsp3) is 0.444. The van der Waals surface area contributed by atoms with Gasteiger partial charge in [0.05, 0.1) is 18.8 Å². The van der Waals surface area contributed by atoms with Crippen LogP contribution in [0.1, 0.15) is 6.92 Å². The van der Waals surface area contributed by atoms with E-state index < -0.39 is 11.4 Å². The lowest BCUT2D eigenvalue weighted by atomic mass is 10.1. The topological polar surface area (TPSA) is 65.4 Å². The van der Waals surface area contributed by atoms with Gasteiger partial charge >= 0.3 is 0 Å². The van der Waals surface area contributed by atoms with E-state index in [1.807, 2.05) is 0 Å². The Morgan fingerprint density at radius 2 is 2.13 bits per heavy atom. The highest BCUT2D eigenvalue weighted by atomic mass is 79.9. The van der Waals surface area contributed by atoms with Gasteiger partial charge in [0.25, 0.3) is 0 Å². The molecule has 0 atom stereocenters. The zero-order valence-electron chi connectivity index (χ0n) is 8.17. The molecule has 1 aromatic rings. The van der Waals surface area contributed by atoms with E-state index in [0.29, 0.717) is 4.47 Å². The van der Waals surface area contributed by atoms with Crippen LogP contribution in [0.3, 0.4) is 0 Å². The molecule has 4 nitrogen and oxygen atoms in total. The minimum atomic E-state index is -0.984. The third-order valence-corrected chi connectivity index (χ3v) is 2.36. The van der Waals surface area contributed by atoms with Crippen LogP contribution in [0.2, 0.25) is 0 Å². The second-order valence-corrected chi connectivity index (χ2v) is 4.40. The summed E-state index contributed by atoms with van der Waals surface area (Å²) >= 11 is 3.08. The Hall–Kier alpha value is -0.720. The molecule has 0 saturated carbocycles. The van der Waals surface area contributed by atoms with E-state index in [1.54, 1.807) is 6.92 Å². The molecule has 0 spiro atoms. The van der Waals surface area contributed by atoms with Gasteiger partial charge in [-0.05, 0) is 28.9 Å². The van der Waals surface area contributed by atoms with Crippen molar-refractivity contribution in [3.8, 4) is 0 Å². The maximum atomic E-state index is 13.3. The number of rotatable bonds is 4. The fourth-order valence-corrected chi connectivity index (χ4v) is 1.22. The molecule has 84 valence electrons. The molecule has 6 heteroatoms. The van der Waals surface area contributed by atoms with Crippen molar-refractivity contribution in [1.29, 1.82) is 0 Å². The number of aromatic nitrogens is 1. The summed E-state index contributed by atoms with van der Waals surface area (Å²) in [5, 5.41) is 20.7. The quantitative estimate of drug-likeness (QED) is 0.773. The van der Waals surface area contributed by atoms with Gasteiger partial charge in [-0.1, -0.05) is 0 Å². The molecule has 1 heterocycles. The van der Waals surface area contributed by atoms with Gasteiger partial charge in [0.1, 0.15) is 0 Å². The normalized spacial score (nSPS) is 11.5. The first kappa shape index (κ1) is 12.4. The maximum Gasteiger partial charge on any atom is 0.166 e. The number of nitrogens with zero attached hydrogens (tertiary/aromatic N) is 1. The summed E-state index contributed by atoms with van der Waals surface area (Å²) in [5.41, 5.74) is -0.984. The van der Waals surface area contributed by atoms with E-state index in [-0.39, 0.29) is 19.0 Å². The number of aliphatic hydroxyl groups excluding tert-OH is 2. The second kappa shape index (κ2) is 4.87. The number of nitrogens with one attached hydrogen (secondary N) is 1. The van der Waals surface area contributed by atoms with Crippen molar-refractivity contribution < 1.29 is 14.6 Å². The van der Waals surface area contributed by atoms with Crippen molar-refractivity contribution in [2.45, 2.75) is 12.5 Å². The lowest BCUT2D eigenvalue weighted by molar-refractivity contribution is 0.147. The molecule has 0 radical (unpaired) electrons. The molecule has 0 amide bonds. The van der Waals surface area contributed by atoms with Gasteiger partial charge in [0.2, 0.25) is 0 Å². The van der Waals surface area contributed by atoms with Crippen molar-refractivity contribution in [3.05, 3.63) is 22.6 Å². The van der Waals surface area contributed by atoms with Crippen LogP contribution in [0.15, 0.2) is 16.7 Å². The molecule has 0 aromatic carbocycles. The Labute approximate surface area is 95.3 Å². The van der Waals surface area contributed by atoms with Gasteiger partial charge in [-0.3, -0.25) is 0 Å². The Bertz CT molecular complexity index is 345. The highest BCUT2D eigenvalue weighted by Crippen LogP contribution is 2.19. The predicted octanol–water partition coefficient (Wildman–Crippen LogP) is 1.14. The van der Waals surface area contributed by atoms with Crippen LogP contribution in [0.25, 0.3) is 0 Å². The molecule has 0 fully saturated rings. The Kier molecular flexibility index (Phi) is 4.01. The minimum Gasteiger partial charge on any atom is -0.394 e. The van der Waals surface area contributed by atoms with Crippen LogP contribution in [0, 0.1) is 5.82 Å². The van der Waals surface area contributed by atoms with Gasteiger partial charge in [0.15, 0.2) is 11.6 Å². The molecule has 0 unspecified atom stereocenters. The Morgan fingerprint density at radius 1 is 1.53 bits per heavy atom. The number of aliphatic hydroxyl groups is 2. The summed E-state index contributed by atoms with van der Waals surface area (Å²) < 4.78 is 13.9. The monoisotopic (exact) mass is 278 g/mol. The van der Waals surface area contributed by atoms with E-state index in [0.717, 1.165) is 0 Å². The molecule has 1 aromatic heterocycles. The molecular weight excluding hydrogens is 267 g/mol. The average molecular weight is 279 g/mol. The van der Waals surface area contributed by atoms with Crippen molar-refractivity contribution in [3.63, 3.8) is 0 Å². The molecule has 0 aliphatic rings. The molecule has 0 bridgehead atoms. The standard InChI is InChI=1S/C9H12BrFN2O2/c1-9(4-14,5-15)13-8-7(11)2-6(10)3-12-8/h2-3,14-15H,4-5H2,1H3,(H,12,13). The second-order valence-electron chi connectivity index (χ2n) is 3.49. The van der Waals surface area contributed by atoms with E-state index in [9.17, 15) is 4.39 Å². The van der Waals surface area contributed by atoms with Crippen LogP contribution in [0.5, 0.6) is 0 Å². The van der Waals surface area contributed by atoms with Crippen molar-refractivity contribution in [1.82, 2.24) is 4.98 Å². The van der Waals surface area contributed by atoms with E-state index in [4.69, 9.17) is 10.2 Å². The first-order valence-corrected chi connectivity index (χ1v) is 5.11. The molecular formula is C9H12BrFN2O2. The number of hydrogen-bond acceptors (Lipinski definition) is 4. The fourth-order valence-electron chi connectivity index (χ4n) is 0.921. The zero-order valence-corrected chi connectivity index (χ0v) is 9.75. The number of pyridine rings is 1. The highest BCUT2D eigenvalue weighted by molar-refractivity contribution is 9.10. The van der Waals surface area contributed by atoms with Gasteiger partial charge in [0, 0.05) is 10.7 Å². The zero-order chi connectivity index (χ0) is 11.5. The minimum absolute atomic E-state index is 0.00352. The lowest BCUT2D eigenvalue weighted by Crippen LogP contribution is -2.43. The summed E-state index contributed by atoms with van der Waals surface area (Å²) in [7, 11) is 0. The summed E-state index contributed by atoms with van der Waals surface area (Å²) in [4.78, 5) is 3.80. The molecule has 0 aliphatic heterocycles. The summed E-state index contributed by atoms with van der Waals surface area (Å²) in [6, 6.07) is 1.25. The maximum absolute atomic E-state index is 13.3. The van der Waals surface area contributed by atoms with E-state index in [2.05, 4.69) is 26.2 Å². The van der Waals surface area contributed by atoms with E-state index in [1.165, 1.54) is 12.3 Å². The van der Waals surface area contributed by atoms with Crippen molar-refractivity contribution in [2.24, 2.45) is 0 Å². The Balaban J connectivity index is 2.89. The van der Waals surface area contributed by atoms with Gasteiger partial charge in [-0.15, -0.1) is 0 Å². The smallest absolute Gasteiger partial charge is 0.166 e. The summed E-state index contributed by atoms with van der Waals surface area (Å²) in [5.74, 6) is -0.540. The third kappa shape index (κ3) is 3.12. The molecule has 0 saturated heterocycles.